The van der Waals surface area contributed by atoms with E-state index in [4.69, 9.17) is 4.74 Å². The zero-order chi connectivity index (χ0) is 23.5. The molecule has 2 N–H and O–H groups in total. The predicted molar refractivity (Wildman–Crippen MR) is 131 cm³/mol. The summed E-state index contributed by atoms with van der Waals surface area (Å²) in [6, 6.07) is 7.90. The summed E-state index contributed by atoms with van der Waals surface area (Å²) in [5.41, 5.74) is 1.01. The van der Waals surface area contributed by atoms with Crippen molar-refractivity contribution in [2.75, 3.05) is 39.3 Å². The Morgan fingerprint density at radius 1 is 1.03 bits per heavy atom. The van der Waals surface area contributed by atoms with Gasteiger partial charge in [0, 0.05) is 37.7 Å². The lowest BCUT2D eigenvalue weighted by atomic mass is 9.96. The van der Waals surface area contributed by atoms with E-state index in [1.165, 1.54) is 12.8 Å². The molecule has 3 amide bonds. The highest BCUT2D eigenvalue weighted by molar-refractivity contribution is 5.79. The maximum absolute atomic E-state index is 12.7. The normalized spacial score (nSPS) is 17.4. The second-order valence-corrected chi connectivity index (χ2v) is 9.22. The summed E-state index contributed by atoms with van der Waals surface area (Å²) in [7, 11) is 0. The number of piperidine rings is 1. The fraction of sp³-hybridized carbons (Fsp3) is 0.692. The van der Waals surface area contributed by atoms with E-state index in [0.29, 0.717) is 25.7 Å². The third-order valence-electron chi connectivity index (χ3n) is 7.00. The number of carbonyl (C=O) groups excluding carboxylic acids is 2. The van der Waals surface area contributed by atoms with E-state index >= 15 is 0 Å². The molecule has 0 bridgehead atoms. The second kappa shape index (κ2) is 13.4. The molecule has 184 valence electrons. The molecule has 2 fully saturated rings. The Morgan fingerprint density at radius 3 is 2.42 bits per heavy atom. The van der Waals surface area contributed by atoms with Gasteiger partial charge in [-0.2, -0.15) is 0 Å². The number of likely N-dealkylation sites (tertiary alicyclic amines) is 1. The maximum Gasteiger partial charge on any atom is 0.317 e. The van der Waals surface area contributed by atoms with Crippen molar-refractivity contribution in [3.05, 3.63) is 29.8 Å². The Bertz CT molecular complexity index is 739. The van der Waals surface area contributed by atoms with E-state index in [2.05, 4.69) is 29.4 Å². The monoisotopic (exact) mass is 458 g/mol. The van der Waals surface area contributed by atoms with Gasteiger partial charge in [0.1, 0.15) is 5.75 Å². The number of carbonyl (C=O) groups is 2. The second-order valence-electron chi connectivity index (χ2n) is 9.22. The molecule has 0 aromatic heterocycles. The molecule has 7 heteroatoms. The number of hydrogen-bond acceptors (Lipinski definition) is 4. The smallest absolute Gasteiger partial charge is 0.317 e. The van der Waals surface area contributed by atoms with Crippen molar-refractivity contribution in [3.63, 3.8) is 0 Å². The Hall–Kier alpha value is -2.28. The highest BCUT2D eigenvalue weighted by atomic mass is 16.5. The number of hydrogen-bond donors (Lipinski definition) is 2. The Labute approximate surface area is 199 Å². The van der Waals surface area contributed by atoms with E-state index < -0.39 is 0 Å². The molecule has 33 heavy (non-hydrogen) atoms. The highest BCUT2D eigenvalue weighted by Crippen LogP contribution is 2.26. The number of ether oxygens (including phenoxy) is 1. The van der Waals surface area contributed by atoms with E-state index in [0.717, 1.165) is 69.6 Å². The standard InChI is InChI=1S/C26H42N4O3/c1-3-29(4-2)17-9-16-27-25(31)21-14-18-30(19-15-21)26(32)28-20-22-10-5-8-13-24(22)33-23-11-6-7-12-23/h5,8,10,13,21,23H,3-4,6-7,9,11-12,14-20H2,1-2H3,(H,27,31)(H,28,32). The molecular weight excluding hydrogens is 416 g/mol. The molecule has 1 aromatic carbocycles. The molecule has 0 spiro atoms. The Morgan fingerprint density at radius 2 is 1.73 bits per heavy atom. The quantitative estimate of drug-likeness (QED) is 0.495. The van der Waals surface area contributed by atoms with Crippen molar-refractivity contribution in [2.45, 2.75) is 71.4 Å². The van der Waals surface area contributed by atoms with E-state index in [1.54, 1.807) is 0 Å². The predicted octanol–water partition coefficient (Wildman–Crippen LogP) is 3.78. The first kappa shape index (κ1) is 25.3. The van der Waals surface area contributed by atoms with Crippen molar-refractivity contribution in [3.8, 4) is 5.75 Å². The third-order valence-corrected chi connectivity index (χ3v) is 7.00. The molecule has 0 unspecified atom stereocenters. The lowest BCUT2D eigenvalue weighted by Crippen LogP contribution is -2.46. The van der Waals surface area contributed by atoms with E-state index in [-0.39, 0.29) is 17.9 Å². The summed E-state index contributed by atoms with van der Waals surface area (Å²) in [5.74, 6) is 1.01. The maximum atomic E-state index is 12.7. The molecule has 1 saturated heterocycles. The molecule has 1 aliphatic carbocycles. The van der Waals surface area contributed by atoms with Crippen LogP contribution in [0.15, 0.2) is 24.3 Å². The number of rotatable bonds is 11. The average Bonchev–Trinajstić information content (AvgIpc) is 3.36. The summed E-state index contributed by atoms with van der Waals surface area (Å²) in [5, 5.41) is 6.13. The first-order valence-corrected chi connectivity index (χ1v) is 12.9. The van der Waals surface area contributed by atoms with Gasteiger partial charge in [-0.25, -0.2) is 4.79 Å². The highest BCUT2D eigenvalue weighted by Gasteiger charge is 2.27. The van der Waals surface area contributed by atoms with Crippen LogP contribution < -0.4 is 15.4 Å². The lowest BCUT2D eigenvalue weighted by molar-refractivity contribution is -0.126. The number of nitrogens with zero attached hydrogens (tertiary/aromatic N) is 2. The number of benzene rings is 1. The fourth-order valence-corrected chi connectivity index (χ4v) is 4.78. The molecule has 2 aliphatic rings. The zero-order valence-electron chi connectivity index (χ0n) is 20.5. The topological polar surface area (TPSA) is 73.9 Å². The van der Waals surface area contributed by atoms with Gasteiger partial charge < -0.3 is 25.2 Å². The van der Waals surface area contributed by atoms with Crippen LogP contribution in [0.5, 0.6) is 5.75 Å². The SMILES string of the molecule is CCN(CC)CCCNC(=O)C1CCN(C(=O)NCc2ccccc2OC2CCCC2)CC1. The summed E-state index contributed by atoms with van der Waals surface area (Å²) in [6.45, 7) is 9.83. The molecule has 1 heterocycles. The van der Waals surface area contributed by atoms with Gasteiger partial charge in [0.2, 0.25) is 5.91 Å². The number of amides is 3. The van der Waals surface area contributed by atoms with Crippen LogP contribution in [0.25, 0.3) is 0 Å². The summed E-state index contributed by atoms with van der Waals surface area (Å²) in [4.78, 5) is 29.4. The molecule has 1 aromatic rings. The Balaban J connectivity index is 1.36. The van der Waals surface area contributed by atoms with Crippen molar-refractivity contribution in [2.24, 2.45) is 5.92 Å². The average molecular weight is 459 g/mol. The number of urea groups is 1. The van der Waals surface area contributed by atoms with Crippen LogP contribution in [-0.2, 0) is 11.3 Å². The van der Waals surface area contributed by atoms with Gasteiger partial charge in [0.05, 0.1) is 6.10 Å². The third kappa shape index (κ3) is 7.91. The van der Waals surface area contributed by atoms with Gasteiger partial charge in [-0.15, -0.1) is 0 Å². The zero-order valence-corrected chi connectivity index (χ0v) is 20.5. The molecule has 0 radical (unpaired) electrons. The first-order valence-electron chi connectivity index (χ1n) is 12.9. The molecule has 1 saturated carbocycles. The van der Waals surface area contributed by atoms with Crippen molar-refractivity contribution < 1.29 is 14.3 Å². The van der Waals surface area contributed by atoms with Gasteiger partial charge in [0.25, 0.3) is 0 Å². The van der Waals surface area contributed by atoms with Crippen LogP contribution in [0.4, 0.5) is 4.79 Å². The van der Waals surface area contributed by atoms with Gasteiger partial charge in [-0.05, 0) is 70.6 Å². The van der Waals surface area contributed by atoms with Gasteiger partial charge in [0.15, 0.2) is 0 Å². The molecule has 3 rings (SSSR count). The van der Waals surface area contributed by atoms with Gasteiger partial charge in [-0.1, -0.05) is 32.0 Å². The minimum absolute atomic E-state index is 0.00282. The Kier molecular flexibility index (Phi) is 10.3. The van der Waals surface area contributed by atoms with Crippen LogP contribution in [0.1, 0.15) is 64.4 Å². The van der Waals surface area contributed by atoms with Crippen molar-refractivity contribution >= 4 is 11.9 Å². The molecular formula is C26H42N4O3. The number of nitrogens with one attached hydrogen (secondary N) is 2. The van der Waals surface area contributed by atoms with E-state index in [1.807, 2.05) is 29.2 Å². The molecule has 0 atom stereocenters. The van der Waals surface area contributed by atoms with Crippen LogP contribution in [0.2, 0.25) is 0 Å². The van der Waals surface area contributed by atoms with Crippen LogP contribution in [-0.4, -0.2) is 67.1 Å². The fourth-order valence-electron chi connectivity index (χ4n) is 4.78. The van der Waals surface area contributed by atoms with Crippen molar-refractivity contribution in [1.29, 1.82) is 0 Å². The molecule has 7 nitrogen and oxygen atoms in total. The summed E-state index contributed by atoms with van der Waals surface area (Å²) >= 11 is 0. The summed E-state index contributed by atoms with van der Waals surface area (Å²) < 4.78 is 6.18. The van der Waals surface area contributed by atoms with Crippen LogP contribution >= 0.6 is 0 Å². The van der Waals surface area contributed by atoms with Crippen molar-refractivity contribution in [1.82, 2.24) is 20.4 Å². The van der Waals surface area contributed by atoms with Crippen LogP contribution in [0, 0.1) is 5.92 Å². The minimum Gasteiger partial charge on any atom is -0.490 e. The number of para-hydroxylation sites is 1. The largest absolute Gasteiger partial charge is 0.490 e. The van der Waals surface area contributed by atoms with Gasteiger partial charge in [-0.3, -0.25) is 4.79 Å². The minimum atomic E-state index is -0.0660. The van der Waals surface area contributed by atoms with E-state index in [9.17, 15) is 9.59 Å². The van der Waals surface area contributed by atoms with Crippen LogP contribution in [0.3, 0.4) is 0 Å². The summed E-state index contributed by atoms with van der Waals surface area (Å²) in [6.07, 6.45) is 7.39. The molecule has 1 aliphatic heterocycles. The lowest BCUT2D eigenvalue weighted by Gasteiger charge is -2.31. The first-order chi connectivity index (χ1) is 16.1. The van der Waals surface area contributed by atoms with Gasteiger partial charge >= 0.3 is 6.03 Å².